The van der Waals surface area contributed by atoms with Gasteiger partial charge in [-0.15, -0.1) is 0 Å². The zero-order valence-electron chi connectivity index (χ0n) is 14.0. The number of hydrogen-bond donors (Lipinski definition) is 1. The molecular formula is C16H21FN2O6. The summed E-state index contributed by atoms with van der Waals surface area (Å²) >= 11 is 0. The van der Waals surface area contributed by atoms with Crippen LogP contribution in [-0.4, -0.2) is 41.2 Å². The van der Waals surface area contributed by atoms with Gasteiger partial charge < -0.3 is 14.2 Å². The number of hydrogen-bond acceptors (Lipinski definition) is 6. The second-order valence-electron chi connectivity index (χ2n) is 6.76. The Bertz CT molecular complexity index is 753. The molecule has 0 bridgehead atoms. The molecule has 0 radical (unpaired) electrons. The molecule has 8 nitrogen and oxygen atoms in total. The maximum absolute atomic E-state index is 14.8. The Morgan fingerprint density at radius 3 is 2.80 bits per heavy atom. The quantitative estimate of drug-likeness (QED) is 0.804. The standard InChI is InChI=1S/C16H21FN2O6/c1-15(5-8-23-9-6-15)13(21)24-10-16(17)4-2-12(25-16)19-7-3-11(20)18-14(19)22/h3,7,12H,2,4-6,8-10H2,1H3,(H,18,20,22)/t12-,16+/m1/s1. The van der Waals surface area contributed by atoms with Crippen LogP contribution in [-0.2, 0) is 19.0 Å². The summed E-state index contributed by atoms with van der Waals surface area (Å²) in [7, 11) is 0. The van der Waals surface area contributed by atoms with E-state index in [4.69, 9.17) is 14.2 Å². The number of nitrogens with one attached hydrogen (secondary N) is 1. The van der Waals surface area contributed by atoms with E-state index in [0.29, 0.717) is 26.1 Å². The molecule has 2 aliphatic rings. The van der Waals surface area contributed by atoms with E-state index in [1.807, 2.05) is 0 Å². The molecule has 1 aromatic rings. The summed E-state index contributed by atoms with van der Waals surface area (Å²) < 4.78 is 31.6. The molecule has 1 N–H and O–H groups in total. The summed E-state index contributed by atoms with van der Waals surface area (Å²) in [4.78, 5) is 37.2. The molecule has 138 valence electrons. The van der Waals surface area contributed by atoms with Gasteiger partial charge in [-0.3, -0.25) is 19.1 Å². The molecule has 3 rings (SSSR count). The molecule has 1 aromatic heterocycles. The van der Waals surface area contributed by atoms with E-state index in [1.54, 1.807) is 6.92 Å². The lowest BCUT2D eigenvalue weighted by molar-refractivity contribution is -0.201. The lowest BCUT2D eigenvalue weighted by Crippen LogP contribution is -2.39. The number of carbonyl (C=O) groups excluding carboxylic acids is 1. The number of nitrogens with zero attached hydrogens (tertiary/aromatic N) is 1. The van der Waals surface area contributed by atoms with Gasteiger partial charge in [0.15, 0.2) is 6.61 Å². The van der Waals surface area contributed by atoms with Gasteiger partial charge in [0.25, 0.3) is 5.56 Å². The maximum atomic E-state index is 14.8. The van der Waals surface area contributed by atoms with Crippen molar-refractivity contribution in [3.05, 3.63) is 33.1 Å². The van der Waals surface area contributed by atoms with Gasteiger partial charge in [-0.1, -0.05) is 0 Å². The Labute approximate surface area is 142 Å². The lowest BCUT2D eigenvalue weighted by Gasteiger charge is -2.32. The molecular weight excluding hydrogens is 335 g/mol. The highest BCUT2D eigenvalue weighted by atomic mass is 19.2. The first-order chi connectivity index (χ1) is 11.8. The number of esters is 1. The molecule has 3 heterocycles. The maximum Gasteiger partial charge on any atom is 0.330 e. The zero-order valence-corrected chi connectivity index (χ0v) is 14.0. The highest BCUT2D eigenvalue weighted by Crippen LogP contribution is 2.38. The van der Waals surface area contributed by atoms with E-state index >= 15 is 0 Å². The lowest BCUT2D eigenvalue weighted by atomic mass is 9.82. The van der Waals surface area contributed by atoms with Crippen LogP contribution in [0.2, 0.25) is 0 Å². The fraction of sp³-hybridized carbons (Fsp3) is 0.688. The molecule has 0 spiro atoms. The number of alkyl halides is 1. The van der Waals surface area contributed by atoms with Gasteiger partial charge in [0.05, 0.1) is 5.41 Å². The molecule has 0 amide bonds. The van der Waals surface area contributed by atoms with E-state index in [1.165, 1.54) is 6.20 Å². The predicted molar refractivity (Wildman–Crippen MR) is 83.6 cm³/mol. The normalized spacial score (nSPS) is 28.6. The zero-order chi connectivity index (χ0) is 18.1. The molecule has 25 heavy (non-hydrogen) atoms. The minimum atomic E-state index is -2.16. The van der Waals surface area contributed by atoms with Crippen LogP contribution in [0.15, 0.2) is 21.9 Å². The van der Waals surface area contributed by atoms with Gasteiger partial charge in [0.1, 0.15) is 6.23 Å². The number of aromatic nitrogens is 2. The van der Waals surface area contributed by atoms with Crippen LogP contribution >= 0.6 is 0 Å². The van der Waals surface area contributed by atoms with Crippen molar-refractivity contribution >= 4 is 5.97 Å². The number of halogens is 1. The molecule has 0 saturated carbocycles. The van der Waals surface area contributed by atoms with Crippen molar-refractivity contribution < 1.29 is 23.4 Å². The van der Waals surface area contributed by atoms with Crippen molar-refractivity contribution in [3.63, 3.8) is 0 Å². The van der Waals surface area contributed by atoms with Crippen molar-refractivity contribution in [1.29, 1.82) is 0 Å². The first kappa shape index (κ1) is 17.8. The number of aromatic amines is 1. The van der Waals surface area contributed by atoms with Crippen LogP contribution < -0.4 is 11.2 Å². The predicted octanol–water partition coefficient (Wildman–Crippen LogP) is 0.871. The van der Waals surface area contributed by atoms with Crippen LogP contribution in [0.25, 0.3) is 0 Å². The second-order valence-corrected chi connectivity index (χ2v) is 6.76. The average Bonchev–Trinajstić information content (AvgIpc) is 2.96. The van der Waals surface area contributed by atoms with Crippen LogP contribution in [0.1, 0.15) is 38.8 Å². The molecule has 0 aliphatic carbocycles. The third-order valence-electron chi connectivity index (χ3n) is 4.78. The number of H-pyrrole nitrogens is 1. The van der Waals surface area contributed by atoms with Crippen molar-refractivity contribution in [3.8, 4) is 0 Å². The molecule has 2 saturated heterocycles. The number of rotatable bonds is 4. The third kappa shape index (κ3) is 3.82. The second kappa shape index (κ2) is 6.72. The van der Waals surface area contributed by atoms with Gasteiger partial charge in [0.2, 0.25) is 5.85 Å². The fourth-order valence-corrected chi connectivity index (χ4v) is 3.03. The van der Waals surface area contributed by atoms with Gasteiger partial charge in [0, 0.05) is 31.9 Å². The molecule has 9 heteroatoms. The first-order valence-electron chi connectivity index (χ1n) is 8.25. The Morgan fingerprint density at radius 2 is 2.12 bits per heavy atom. The van der Waals surface area contributed by atoms with Crippen molar-refractivity contribution in [2.45, 2.75) is 44.7 Å². The van der Waals surface area contributed by atoms with Gasteiger partial charge >= 0.3 is 11.7 Å². The highest BCUT2D eigenvalue weighted by molar-refractivity contribution is 5.76. The fourth-order valence-electron chi connectivity index (χ4n) is 3.03. The molecule has 2 aliphatic heterocycles. The SMILES string of the molecule is CC1(C(=O)OC[C@]2(F)CC[C@H](n3ccc(=O)[nH]c3=O)O2)CCOCC1. The summed E-state index contributed by atoms with van der Waals surface area (Å²) in [6.07, 6.45) is 1.67. The van der Waals surface area contributed by atoms with Gasteiger partial charge in [-0.2, -0.15) is 0 Å². The van der Waals surface area contributed by atoms with Crippen molar-refractivity contribution in [1.82, 2.24) is 9.55 Å². The van der Waals surface area contributed by atoms with Gasteiger partial charge in [-0.25, -0.2) is 9.18 Å². The van der Waals surface area contributed by atoms with E-state index in [-0.39, 0.29) is 12.8 Å². The average molecular weight is 356 g/mol. The third-order valence-corrected chi connectivity index (χ3v) is 4.78. The Kier molecular flexibility index (Phi) is 4.79. The first-order valence-corrected chi connectivity index (χ1v) is 8.25. The van der Waals surface area contributed by atoms with E-state index in [2.05, 4.69) is 4.98 Å². The Hall–Kier alpha value is -2.00. The molecule has 0 aromatic carbocycles. The van der Waals surface area contributed by atoms with Gasteiger partial charge in [-0.05, 0) is 26.2 Å². The molecule has 0 unspecified atom stereocenters. The molecule has 2 atom stereocenters. The summed E-state index contributed by atoms with van der Waals surface area (Å²) in [5.74, 6) is -2.63. The van der Waals surface area contributed by atoms with E-state index in [9.17, 15) is 18.8 Å². The Balaban J connectivity index is 1.61. The van der Waals surface area contributed by atoms with Crippen molar-refractivity contribution in [2.75, 3.05) is 19.8 Å². The van der Waals surface area contributed by atoms with Crippen LogP contribution in [0.5, 0.6) is 0 Å². The highest BCUT2D eigenvalue weighted by Gasteiger charge is 2.45. The topological polar surface area (TPSA) is 99.6 Å². The van der Waals surface area contributed by atoms with Crippen LogP contribution in [0.4, 0.5) is 4.39 Å². The Morgan fingerprint density at radius 1 is 1.40 bits per heavy atom. The smallest absolute Gasteiger partial charge is 0.330 e. The van der Waals surface area contributed by atoms with Crippen LogP contribution in [0.3, 0.4) is 0 Å². The summed E-state index contributed by atoms with van der Waals surface area (Å²) in [5.41, 5.74) is -1.89. The van der Waals surface area contributed by atoms with E-state index in [0.717, 1.165) is 10.6 Å². The minimum absolute atomic E-state index is 0.0175. The molecule has 2 fully saturated rings. The number of ether oxygens (including phenoxy) is 3. The van der Waals surface area contributed by atoms with Crippen molar-refractivity contribution in [2.24, 2.45) is 5.41 Å². The monoisotopic (exact) mass is 356 g/mol. The largest absolute Gasteiger partial charge is 0.459 e. The minimum Gasteiger partial charge on any atom is -0.459 e. The van der Waals surface area contributed by atoms with Crippen LogP contribution in [0, 0.1) is 5.41 Å². The summed E-state index contributed by atoms with van der Waals surface area (Å²) in [6, 6.07) is 1.16. The van der Waals surface area contributed by atoms with E-state index < -0.39 is 41.3 Å². The number of carbonyl (C=O) groups is 1. The summed E-state index contributed by atoms with van der Waals surface area (Å²) in [5, 5.41) is 0. The summed E-state index contributed by atoms with van der Waals surface area (Å²) in [6.45, 7) is 2.19.